The molecule has 2 amide bonds. The number of hydrogen-bond acceptors (Lipinski definition) is 8. The van der Waals surface area contributed by atoms with Gasteiger partial charge in [-0.05, 0) is 45.4 Å². The van der Waals surface area contributed by atoms with Crippen LogP contribution in [-0.2, 0) is 19.1 Å². The second-order valence-electron chi connectivity index (χ2n) is 11.0. The number of allylic oxidation sites excluding steroid dienone is 1. The van der Waals surface area contributed by atoms with Crippen LogP contribution >= 0.6 is 0 Å². The second kappa shape index (κ2) is 12.3. The summed E-state index contributed by atoms with van der Waals surface area (Å²) in [6, 6.07) is 11.5. The highest BCUT2D eigenvalue weighted by molar-refractivity contribution is 5.95. The first kappa shape index (κ1) is 28.6. The molecule has 0 bridgehead atoms. The number of methoxy groups -OCH3 is 1. The molecule has 1 aromatic heterocycles. The van der Waals surface area contributed by atoms with Crippen molar-refractivity contribution in [3.05, 3.63) is 48.6 Å². The van der Waals surface area contributed by atoms with E-state index in [2.05, 4.69) is 21.4 Å². The predicted molar refractivity (Wildman–Crippen MR) is 151 cm³/mol. The van der Waals surface area contributed by atoms with Gasteiger partial charge in [0, 0.05) is 31.1 Å². The van der Waals surface area contributed by atoms with Crippen LogP contribution in [0, 0.1) is 17.8 Å². The Balaban J connectivity index is 1.40. The van der Waals surface area contributed by atoms with Crippen molar-refractivity contribution >= 4 is 17.8 Å². The first-order valence-electron chi connectivity index (χ1n) is 14.4. The van der Waals surface area contributed by atoms with E-state index in [1.165, 1.54) is 7.11 Å². The van der Waals surface area contributed by atoms with Crippen LogP contribution in [-0.4, -0.2) is 71.6 Å². The highest BCUT2D eigenvalue weighted by atomic mass is 16.5. The molecule has 0 unspecified atom stereocenters. The van der Waals surface area contributed by atoms with E-state index < -0.39 is 29.4 Å². The van der Waals surface area contributed by atoms with Gasteiger partial charge in [-0.25, -0.2) is 4.79 Å². The first-order chi connectivity index (χ1) is 19.8. The average molecular weight is 563 g/mol. The van der Waals surface area contributed by atoms with Gasteiger partial charge in [0.1, 0.15) is 11.6 Å². The third-order valence-electron chi connectivity index (χ3n) is 8.25. The van der Waals surface area contributed by atoms with Gasteiger partial charge in [-0.2, -0.15) is 9.97 Å². The molecule has 1 aromatic carbocycles. The van der Waals surface area contributed by atoms with Crippen LogP contribution < -0.4 is 14.8 Å². The summed E-state index contributed by atoms with van der Waals surface area (Å²) >= 11 is 0. The number of carbonyl (C=O) groups excluding carboxylic acids is 3. The van der Waals surface area contributed by atoms with E-state index in [1.807, 2.05) is 36.4 Å². The van der Waals surface area contributed by atoms with Crippen molar-refractivity contribution < 1.29 is 28.6 Å². The minimum Gasteiger partial charge on any atom is -0.474 e. The van der Waals surface area contributed by atoms with Gasteiger partial charge in [-0.15, -0.1) is 0 Å². The van der Waals surface area contributed by atoms with Gasteiger partial charge >= 0.3 is 12.0 Å². The highest BCUT2D eigenvalue weighted by Crippen LogP contribution is 2.47. The Bertz CT molecular complexity index is 1300. The Morgan fingerprint density at radius 2 is 1.90 bits per heavy atom. The molecule has 10 heteroatoms. The van der Waals surface area contributed by atoms with E-state index in [0.717, 1.165) is 24.8 Å². The van der Waals surface area contributed by atoms with Crippen molar-refractivity contribution in [2.24, 2.45) is 17.8 Å². The van der Waals surface area contributed by atoms with Crippen molar-refractivity contribution in [1.29, 1.82) is 0 Å². The van der Waals surface area contributed by atoms with Crippen LogP contribution in [0.3, 0.4) is 0 Å². The summed E-state index contributed by atoms with van der Waals surface area (Å²) in [5.74, 6) is -1.90. The molecule has 5 rings (SSSR count). The largest absolute Gasteiger partial charge is 0.474 e. The molecule has 2 saturated carbocycles. The van der Waals surface area contributed by atoms with Gasteiger partial charge in [-0.3, -0.25) is 9.59 Å². The molecule has 218 valence electrons. The van der Waals surface area contributed by atoms with Gasteiger partial charge in [0.05, 0.1) is 31.2 Å². The zero-order valence-electron chi connectivity index (χ0n) is 23.9. The molecule has 0 saturated heterocycles. The summed E-state index contributed by atoms with van der Waals surface area (Å²) in [4.78, 5) is 50.9. The molecule has 10 nitrogen and oxygen atoms in total. The fraction of sp³-hybridized carbons (Fsp3) is 0.516. The van der Waals surface area contributed by atoms with E-state index in [-0.39, 0.29) is 30.3 Å². The van der Waals surface area contributed by atoms with Gasteiger partial charge in [0.2, 0.25) is 17.7 Å². The fourth-order valence-corrected chi connectivity index (χ4v) is 5.92. The molecule has 3 aliphatic rings. The van der Waals surface area contributed by atoms with Crippen LogP contribution in [0.15, 0.2) is 48.6 Å². The van der Waals surface area contributed by atoms with Crippen LogP contribution in [0.1, 0.15) is 45.4 Å². The van der Waals surface area contributed by atoms with Crippen LogP contribution in [0.25, 0.3) is 11.3 Å². The molecule has 0 spiro atoms. The van der Waals surface area contributed by atoms with Crippen LogP contribution in [0.4, 0.5) is 0 Å². The average Bonchev–Trinajstić information content (AvgIpc) is 3.51. The van der Waals surface area contributed by atoms with Crippen molar-refractivity contribution in [1.82, 2.24) is 20.2 Å². The maximum Gasteiger partial charge on any atom is 0.332 e. The lowest BCUT2D eigenvalue weighted by molar-refractivity contribution is -0.150. The number of aromatic nitrogens is 2. The molecule has 2 aromatic rings. The van der Waals surface area contributed by atoms with Gasteiger partial charge in [0.25, 0.3) is 0 Å². The molecule has 2 heterocycles. The SMILES string of the molecule is CCOC(=O)[C@@]12C[C@H]1C=CCCCCN(C)C(=O)[C@@H]1C[C@H](Oc3cc(-c4ccccc4)nc(OC)n3)C[C@H]1C(=O)N2. The number of benzene rings is 1. The maximum atomic E-state index is 13.8. The molecule has 41 heavy (non-hydrogen) atoms. The highest BCUT2D eigenvalue weighted by Gasteiger charge is 2.62. The van der Waals surface area contributed by atoms with Crippen molar-refractivity contribution in [2.45, 2.75) is 57.1 Å². The number of esters is 1. The van der Waals surface area contributed by atoms with Gasteiger partial charge in [0.15, 0.2) is 0 Å². The summed E-state index contributed by atoms with van der Waals surface area (Å²) in [6.07, 6.45) is 7.41. The second-order valence-corrected chi connectivity index (χ2v) is 11.0. The normalized spacial score (nSPS) is 28.1. The van der Waals surface area contributed by atoms with E-state index >= 15 is 0 Å². The molecular weight excluding hydrogens is 524 g/mol. The van der Waals surface area contributed by atoms with E-state index in [9.17, 15) is 14.4 Å². The number of nitrogens with zero attached hydrogens (tertiary/aromatic N) is 3. The minimum atomic E-state index is -1.09. The minimum absolute atomic E-state index is 0.0911. The van der Waals surface area contributed by atoms with Crippen LogP contribution in [0.5, 0.6) is 11.9 Å². The Morgan fingerprint density at radius 3 is 2.66 bits per heavy atom. The number of carbonyl (C=O) groups is 3. The molecular formula is C31H38N4O6. The predicted octanol–water partition coefficient (Wildman–Crippen LogP) is 3.56. The van der Waals surface area contributed by atoms with E-state index in [1.54, 1.807) is 24.9 Å². The summed E-state index contributed by atoms with van der Waals surface area (Å²) < 4.78 is 17.0. The van der Waals surface area contributed by atoms with E-state index in [0.29, 0.717) is 37.4 Å². The fourth-order valence-electron chi connectivity index (χ4n) is 5.92. The number of amides is 2. The number of ether oxygens (including phenoxy) is 3. The summed E-state index contributed by atoms with van der Waals surface area (Å²) in [5, 5.41) is 3.01. The summed E-state index contributed by atoms with van der Waals surface area (Å²) in [5.41, 5.74) is 0.435. The monoisotopic (exact) mass is 562 g/mol. The maximum absolute atomic E-state index is 13.8. The zero-order chi connectivity index (χ0) is 29.0. The van der Waals surface area contributed by atoms with Crippen molar-refractivity contribution in [2.75, 3.05) is 27.3 Å². The molecule has 5 atom stereocenters. The Morgan fingerprint density at radius 1 is 1.12 bits per heavy atom. The Labute approximate surface area is 240 Å². The number of fused-ring (bicyclic) bond motifs is 2. The van der Waals surface area contributed by atoms with Gasteiger partial charge in [-0.1, -0.05) is 42.5 Å². The lowest BCUT2D eigenvalue weighted by Gasteiger charge is -2.26. The molecule has 2 fully saturated rings. The molecule has 0 radical (unpaired) electrons. The quantitative estimate of drug-likeness (QED) is 0.419. The Hall–Kier alpha value is -3.95. The molecule has 1 aliphatic heterocycles. The number of nitrogens with one attached hydrogen (secondary N) is 1. The van der Waals surface area contributed by atoms with E-state index in [4.69, 9.17) is 14.2 Å². The van der Waals surface area contributed by atoms with Crippen LogP contribution in [0.2, 0.25) is 0 Å². The lowest BCUT2D eigenvalue weighted by Crippen LogP contribution is -2.50. The summed E-state index contributed by atoms with van der Waals surface area (Å²) in [6.45, 7) is 2.59. The molecule has 2 aliphatic carbocycles. The smallest absolute Gasteiger partial charge is 0.332 e. The topological polar surface area (TPSA) is 120 Å². The third-order valence-corrected chi connectivity index (χ3v) is 8.25. The Kier molecular flexibility index (Phi) is 8.56. The molecule has 1 N–H and O–H groups in total. The first-order valence-corrected chi connectivity index (χ1v) is 14.4. The lowest BCUT2D eigenvalue weighted by atomic mass is 9.93. The zero-order valence-corrected chi connectivity index (χ0v) is 23.9. The van der Waals surface area contributed by atoms with Gasteiger partial charge < -0.3 is 24.4 Å². The van der Waals surface area contributed by atoms with Crippen molar-refractivity contribution in [3.8, 4) is 23.1 Å². The standard InChI is InChI=1S/C31H38N4O6/c1-4-40-29(38)31-19-21(31)14-10-5-6-11-15-35(2)28(37)24-17-22(16-23(24)27(36)34-31)41-26-18-25(32-30(33-26)39-3)20-12-8-7-9-13-20/h7-10,12-14,18,21-24H,4-6,11,15-17,19H2,1-3H3,(H,34,36)/t21-,22-,23-,24-,31-/m1/s1. The number of rotatable bonds is 6. The number of hydrogen-bond donors (Lipinski definition) is 1. The summed E-state index contributed by atoms with van der Waals surface area (Å²) in [7, 11) is 3.27. The van der Waals surface area contributed by atoms with Crippen molar-refractivity contribution in [3.63, 3.8) is 0 Å². The third kappa shape index (κ3) is 6.21.